The van der Waals surface area contributed by atoms with Crippen LogP contribution in [-0.2, 0) is 19.5 Å². The van der Waals surface area contributed by atoms with Crippen molar-refractivity contribution in [2.45, 2.75) is 13.8 Å². The van der Waals surface area contributed by atoms with E-state index < -0.39 is 15.6 Å². The maximum Gasteiger partial charge on any atom is 2.00 e. The first-order chi connectivity index (χ1) is 23.6. The van der Waals surface area contributed by atoms with Crippen LogP contribution >= 0.6 is 15.6 Å². The van der Waals surface area contributed by atoms with Crippen LogP contribution in [0.5, 0.6) is 0 Å². The molecule has 0 N–H and O–H groups in total. The molecule has 0 atom stereocenters. The van der Waals surface area contributed by atoms with Gasteiger partial charge in [-0.05, 0) is 49.2 Å². The van der Waals surface area contributed by atoms with E-state index in [1.807, 2.05) is 36.7 Å². The Morgan fingerprint density at radius 3 is 0.717 bits per heavy atom. The average Bonchev–Trinajstić information content (AvgIpc) is 3.04. The number of aromatic nitrogens is 10. The van der Waals surface area contributed by atoms with Crippen LogP contribution in [0, 0.1) is 13.8 Å². The Kier molecular flexibility index (Phi) is 14.8. The van der Waals surface area contributed by atoms with Gasteiger partial charge in [0.2, 0.25) is 0 Å². The molecular weight excluding hydrogens is 867 g/mol. The number of rotatable bonds is 3. The van der Waals surface area contributed by atoms with E-state index in [1.54, 1.807) is 74.4 Å². The minimum atomic E-state index is -10.7. The molecule has 6 heterocycles. The van der Waals surface area contributed by atoms with Crippen LogP contribution in [0.4, 0.5) is 50.4 Å². The zero-order valence-electron chi connectivity index (χ0n) is 26.6. The van der Waals surface area contributed by atoms with Crippen LogP contribution in [0.2, 0.25) is 0 Å². The van der Waals surface area contributed by atoms with Crippen molar-refractivity contribution in [3.05, 3.63) is 122 Å². The third-order valence-electron chi connectivity index (χ3n) is 4.87. The van der Waals surface area contributed by atoms with E-state index >= 15 is 0 Å². The molecule has 25 heteroatoms. The van der Waals surface area contributed by atoms with E-state index in [2.05, 4.69) is 63.7 Å². The van der Waals surface area contributed by atoms with Gasteiger partial charge in [0.1, 0.15) is 22.8 Å². The smallest absolute Gasteiger partial charge is 0.261 e. The molecule has 6 aromatic rings. The first kappa shape index (κ1) is 46.3. The summed E-state index contributed by atoms with van der Waals surface area (Å²) in [5.41, 5.74) is 7.26. The third-order valence-corrected chi connectivity index (χ3v) is 4.87. The fourth-order valence-electron chi connectivity index (χ4n) is 3.08. The Morgan fingerprint density at radius 2 is 0.547 bits per heavy atom. The molecule has 0 saturated carbocycles. The number of hydrogen-bond donors (Lipinski definition) is 0. The molecular formula is C28H24F12N10P2Ru. The fraction of sp³-hybridized carbons (Fsp3) is 0.0714. The summed E-state index contributed by atoms with van der Waals surface area (Å²) in [6.45, 7) is 4.11. The summed E-state index contributed by atoms with van der Waals surface area (Å²) in [5, 5.41) is 0. The number of aryl methyl sites for hydroxylation is 2. The quantitative estimate of drug-likeness (QED) is 0.0962. The van der Waals surface area contributed by atoms with Crippen molar-refractivity contribution < 1.29 is 69.8 Å². The van der Waals surface area contributed by atoms with Gasteiger partial charge in [0, 0.05) is 62.0 Å². The van der Waals surface area contributed by atoms with Crippen molar-refractivity contribution in [2.75, 3.05) is 0 Å². The van der Waals surface area contributed by atoms with Crippen LogP contribution < -0.4 is 0 Å². The molecule has 0 saturated heterocycles. The zero-order valence-corrected chi connectivity index (χ0v) is 30.2. The molecule has 6 aromatic heterocycles. The van der Waals surface area contributed by atoms with Crippen LogP contribution in [-0.4, -0.2) is 49.8 Å². The molecule has 10 nitrogen and oxygen atoms in total. The Hall–Kier alpha value is -4.74. The predicted octanol–water partition coefficient (Wildman–Crippen LogP) is 11.4. The monoisotopic (exact) mass is 892 g/mol. The standard InChI is InChI=1S/C12H12N2.2C8H6N4.2F6P.Ru/c1-9-3-5-13-11(7-9)12-8-10(2)4-6-14-12;2*1-3-11-7(5-9-1)8-6-10-2-4-12-8;2*1-7(2,3,4,5)6;/h3-8H,1-2H3;2*1-6H;;;/q;;;2*-1;+2. The van der Waals surface area contributed by atoms with Gasteiger partial charge in [-0.15, -0.1) is 0 Å². The first-order valence-electron chi connectivity index (χ1n) is 13.6. The van der Waals surface area contributed by atoms with Crippen LogP contribution in [0.3, 0.4) is 0 Å². The van der Waals surface area contributed by atoms with Crippen molar-refractivity contribution in [1.82, 2.24) is 49.8 Å². The van der Waals surface area contributed by atoms with Crippen LogP contribution in [0.15, 0.2) is 111 Å². The Bertz CT molecular complexity index is 1750. The molecule has 0 fully saturated rings. The maximum atomic E-state index is 9.87. The third kappa shape index (κ3) is 27.6. The van der Waals surface area contributed by atoms with Crippen molar-refractivity contribution in [3.8, 4) is 34.2 Å². The normalized spacial score (nSPS) is 13.2. The van der Waals surface area contributed by atoms with Crippen molar-refractivity contribution in [1.29, 1.82) is 0 Å². The van der Waals surface area contributed by atoms with E-state index in [4.69, 9.17) is 0 Å². The van der Waals surface area contributed by atoms with Gasteiger partial charge in [0.05, 0.1) is 36.2 Å². The molecule has 0 spiro atoms. The fourth-order valence-corrected chi connectivity index (χ4v) is 3.08. The minimum absolute atomic E-state index is 0. The molecule has 0 bridgehead atoms. The second kappa shape index (κ2) is 16.9. The SMILES string of the molecule is Cc1ccnc(-c2cc(C)ccn2)c1.F[P-](F)(F)(F)(F)F.F[P-](F)(F)(F)(F)F.[Ru+2].c1cnc(-c2cnccn2)cn1.c1cnc(-c2cnccn2)cn1. The Labute approximate surface area is 305 Å². The summed E-state index contributed by atoms with van der Waals surface area (Å²) in [6.07, 6.45) is 23.3. The zero-order chi connectivity index (χ0) is 39.2. The van der Waals surface area contributed by atoms with Gasteiger partial charge in [-0.3, -0.25) is 49.8 Å². The van der Waals surface area contributed by atoms with Gasteiger partial charge in [0.25, 0.3) is 0 Å². The largest absolute Gasteiger partial charge is 2.00 e. The van der Waals surface area contributed by atoms with E-state index in [0.717, 1.165) is 34.2 Å². The summed E-state index contributed by atoms with van der Waals surface area (Å²) in [4.78, 5) is 40.6. The summed E-state index contributed by atoms with van der Waals surface area (Å²) in [5.74, 6) is 0. The van der Waals surface area contributed by atoms with Gasteiger partial charge >= 0.3 is 85.5 Å². The molecule has 0 radical (unpaired) electrons. The molecule has 0 unspecified atom stereocenters. The summed E-state index contributed by atoms with van der Waals surface area (Å²) >= 11 is 0. The van der Waals surface area contributed by atoms with Gasteiger partial charge in [-0.2, -0.15) is 0 Å². The molecule has 0 aliphatic rings. The molecule has 0 aliphatic heterocycles. The Balaban J connectivity index is 0.000000339. The summed E-state index contributed by atoms with van der Waals surface area (Å²) in [7, 11) is -21.3. The summed E-state index contributed by atoms with van der Waals surface area (Å²) < 4.78 is 118. The van der Waals surface area contributed by atoms with Crippen molar-refractivity contribution >= 4 is 15.6 Å². The molecule has 0 amide bonds. The first-order valence-corrected chi connectivity index (χ1v) is 17.7. The second-order valence-electron chi connectivity index (χ2n) is 9.72. The average molecular weight is 892 g/mol. The van der Waals surface area contributed by atoms with Gasteiger partial charge in [-0.25, -0.2) is 0 Å². The maximum absolute atomic E-state index is 10.7. The minimum Gasteiger partial charge on any atom is -0.261 e. The van der Waals surface area contributed by atoms with Gasteiger partial charge in [-0.1, -0.05) is 0 Å². The summed E-state index contributed by atoms with van der Waals surface area (Å²) in [6, 6.07) is 8.06. The number of halogens is 12. The van der Waals surface area contributed by atoms with Gasteiger partial charge < -0.3 is 0 Å². The molecule has 53 heavy (non-hydrogen) atoms. The second-order valence-corrected chi connectivity index (χ2v) is 13.5. The van der Waals surface area contributed by atoms with E-state index in [-0.39, 0.29) is 19.5 Å². The molecule has 6 rings (SSSR count). The van der Waals surface area contributed by atoms with E-state index in [9.17, 15) is 50.4 Å². The van der Waals surface area contributed by atoms with Crippen LogP contribution in [0.25, 0.3) is 34.2 Å². The van der Waals surface area contributed by atoms with E-state index in [1.165, 1.54) is 11.1 Å². The van der Waals surface area contributed by atoms with Crippen molar-refractivity contribution in [3.63, 3.8) is 0 Å². The molecule has 288 valence electrons. The molecule has 0 aliphatic carbocycles. The number of hydrogen-bond acceptors (Lipinski definition) is 10. The topological polar surface area (TPSA) is 129 Å². The van der Waals surface area contributed by atoms with Crippen molar-refractivity contribution in [2.24, 2.45) is 0 Å². The number of pyridine rings is 2. The van der Waals surface area contributed by atoms with E-state index in [0.29, 0.717) is 0 Å². The predicted molar refractivity (Wildman–Crippen MR) is 170 cm³/mol. The Morgan fingerprint density at radius 1 is 0.340 bits per heavy atom. The van der Waals surface area contributed by atoms with Gasteiger partial charge in [0.15, 0.2) is 0 Å². The van der Waals surface area contributed by atoms with Crippen LogP contribution in [0.1, 0.15) is 11.1 Å². The number of nitrogens with zero attached hydrogens (tertiary/aromatic N) is 10. The molecule has 0 aromatic carbocycles.